The van der Waals surface area contributed by atoms with Gasteiger partial charge in [0.15, 0.2) is 6.21 Å². The fraction of sp³-hybridized carbons (Fsp3) is 0.263. The summed E-state index contributed by atoms with van der Waals surface area (Å²) < 4.78 is 1.46. The summed E-state index contributed by atoms with van der Waals surface area (Å²) in [4.78, 5) is 2.01. The Morgan fingerprint density at radius 1 is 1.20 bits per heavy atom. The number of thioether (sulfide) groups is 1. The molecule has 3 nitrogen and oxygen atoms in total. The predicted octanol–water partition coefficient (Wildman–Crippen LogP) is 4.91. The van der Waals surface area contributed by atoms with Crippen LogP contribution >= 0.6 is 35.6 Å². The van der Waals surface area contributed by atoms with Crippen LogP contribution in [-0.2, 0) is 6.54 Å². The molecule has 0 aromatic heterocycles. The Morgan fingerprint density at radius 2 is 1.84 bits per heavy atom. The van der Waals surface area contributed by atoms with Gasteiger partial charge in [0.1, 0.15) is 9.07 Å². The summed E-state index contributed by atoms with van der Waals surface area (Å²) in [6.45, 7) is 4.73. The standard InChI is InChI=1S/C19H19ClN2OS2/c1-19(2)17(22(23)13-15-8-10-16(20)11-9-15)21(18(24)25-19)12-14-6-4-3-5-7-14/h3-11,13,17H,12H2,1-2H3/b22-13-/t17-/m0/s1. The molecule has 1 atom stereocenters. The lowest BCUT2D eigenvalue weighted by atomic mass is 10.1. The molecule has 2 aromatic carbocycles. The highest BCUT2D eigenvalue weighted by Crippen LogP contribution is 2.42. The number of hydrogen-bond donors (Lipinski definition) is 0. The van der Waals surface area contributed by atoms with E-state index in [0.717, 1.165) is 20.2 Å². The lowest BCUT2D eigenvalue weighted by Gasteiger charge is -2.29. The van der Waals surface area contributed by atoms with Gasteiger partial charge in [0.05, 0.1) is 6.54 Å². The van der Waals surface area contributed by atoms with Gasteiger partial charge in [0.2, 0.25) is 0 Å². The number of thiocarbonyl (C=S) groups is 1. The van der Waals surface area contributed by atoms with E-state index in [4.69, 9.17) is 23.8 Å². The quantitative estimate of drug-likeness (QED) is 0.244. The molecule has 0 bridgehead atoms. The second-order valence-corrected chi connectivity index (χ2v) is 9.22. The maximum atomic E-state index is 13.0. The number of halogens is 1. The monoisotopic (exact) mass is 390 g/mol. The van der Waals surface area contributed by atoms with E-state index in [1.807, 2.05) is 47.4 Å². The molecule has 0 unspecified atom stereocenters. The summed E-state index contributed by atoms with van der Waals surface area (Å²) >= 11 is 13.1. The van der Waals surface area contributed by atoms with Gasteiger partial charge in [-0.1, -0.05) is 65.9 Å². The first-order valence-electron chi connectivity index (χ1n) is 7.96. The van der Waals surface area contributed by atoms with E-state index in [2.05, 4.69) is 13.8 Å². The minimum atomic E-state index is -0.374. The molecule has 1 aliphatic heterocycles. The van der Waals surface area contributed by atoms with Crippen molar-refractivity contribution < 1.29 is 4.74 Å². The summed E-state index contributed by atoms with van der Waals surface area (Å²) in [5.41, 5.74) is 1.95. The Kier molecular flexibility index (Phi) is 5.37. The van der Waals surface area contributed by atoms with Crippen molar-refractivity contribution in [1.29, 1.82) is 0 Å². The largest absolute Gasteiger partial charge is 0.622 e. The molecule has 1 saturated heterocycles. The summed E-state index contributed by atoms with van der Waals surface area (Å²) in [6.07, 6.45) is 1.23. The first-order chi connectivity index (χ1) is 11.9. The second-order valence-electron chi connectivity index (χ2n) is 6.50. The number of hydroxylamine groups is 1. The van der Waals surface area contributed by atoms with Gasteiger partial charge >= 0.3 is 0 Å². The first kappa shape index (κ1) is 18.2. The molecule has 25 heavy (non-hydrogen) atoms. The fourth-order valence-electron chi connectivity index (χ4n) is 2.95. The average Bonchev–Trinajstić information content (AvgIpc) is 2.79. The van der Waals surface area contributed by atoms with Crippen LogP contribution in [0.4, 0.5) is 0 Å². The normalized spacial score (nSPS) is 20.1. The maximum Gasteiger partial charge on any atom is 0.254 e. The van der Waals surface area contributed by atoms with Gasteiger partial charge in [-0.3, -0.25) is 4.90 Å². The molecule has 0 amide bonds. The zero-order chi connectivity index (χ0) is 18.0. The summed E-state index contributed by atoms with van der Waals surface area (Å²) in [5.74, 6) is 0. The molecule has 1 heterocycles. The molecule has 0 spiro atoms. The molecular formula is C19H19ClN2OS2. The van der Waals surface area contributed by atoms with Crippen molar-refractivity contribution in [1.82, 2.24) is 4.90 Å². The highest BCUT2D eigenvalue weighted by Gasteiger charge is 2.50. The molecular weight excluding hydrogens is 372 g/mol. The van der Waals surface area contributed by atoms with Crippen molar-refractivity contribution in [3.8, 4) is 0 Å². The number of benzene rings is 2. The Bertz CT molecular complexity index is 791. The summed E-state index contributed by atoms with van der Waals surface area (Å²) in [7, 11) is 0. The zero-order valence-electron chi connectivity index (χ0n) is 14.1. The zero-order valence-corrected chi connectivity index (χ0v) is 16.4. The van der Waals surface area contributed by atoms with Gasteiger partial charge in [0.25, 0.3) is 6.17 Å². The average molecular weight is 391 g/mol. The lowest BCUT2D eigenvalue weighted by Crippen LogP contribution is -2.47. The maximum absolute atomic E-state index is 13.0. The van der Waals surface area contributed by atoms with Gasteiger partial charge in [-0.2, -0.15) is 4.74 Å². The molecule has 1 fully saturated rings. The van der Waals surface area contributed by atoms with Gasteiger partial charge in [-0.25, -0.2) is 0 Å². The Balaban J connectivity index is 1.91. The molecule has 3 rings (SSSR count). The minimum Gasteiger partial charge on any atom is -0.622 e. The van der Waals surface area contributed by atoms with E-state index < -0.39 is 0 Å². The van der Waals surface area contributed by atoms with Crippen molar-refractivity contribution in [2.45, 2.75) is 31.3 Å². The first-order valence-corrected chi connectivity index (χ1v) is 9.56. The van der Waals surface area contributed by atoms with E-state index in [-0.39, 0.29) is 10.9 Å². The van der Waals surface area contributed by atoms with E-state index in [1.54, 1.807) is 30.1 Å². The highest BCUT2D eigenvalue weighted by atomic mass is 35.5. The lowest BCUT2D eigenvalue weighted by molar-refractivity contribution is -0.524. The van der Waals surface area contributed by atoms with E-state index >= 15 is 0 Å². The Labute approximate surface area is 162 Å². The number of hydrogen-bond acceptors (Lipinski definition) is 3. The third-order valence-electron chi connectivity index (χ3n) is 4.09. The molecule has 0 saturated carbocycles. The van der Waals surface area contributed by atoms with Crippen LogP contribution < -0.4 is 0 Å². The van der Waals surface area contributed by atoms with E-state index in [0.29, 0.717) is 11.6 Å². The van der Waals surface area contributed by atoms with Crippen LogP contribution in [-0.4, -0.2) is 31.1 Å². The third kappa shape index (κ3) is 4.17. The van der Waals surface area contributed by atoms with Crippen molar-refractivity contribution in [3.63, 3.8) is 0 Å². The third-order valence-corrected chi connectivity index (χ3v) is 5.97. The summed E-state index contributed by atoms with van der Waals surface area (Å²) in [6, 6.07) is 17.3. The van der Waals surface area contributed by atoms with Gasteiger partial charge in [-0.05, 0) is 43.7 Å². The molecule has 0 N–H and O–H groups in total. The molecule has 0 radical (unpaired) electrons. The van der Waals surface area contributed by atoms with Crippen LogP contribution in [0.1, 0.15) is 25.0 Å². The fourth-order valence-corrected chi connectivity index (χ4v) is 4.96. The Hall–Kier alpha value is -1.56. The van der Waals surface area contributed by atoms with Crippen molar-refractivity contribution >= 4 is 46.1 Å². The van der Waals surface area contributed by atoms with Crippen molar-refractivity contribution in [3.05, 3.63) is 76.0 Å². The van der Waals surface area contributed by atoms with Crippen molar-refractivity contribution in [2.24, 2.45) is 0 Å². The van der Waals surface area contributed by atoms with Gasteiger partial charge < -0.3 is 5.21 Å². The van der Waals surface area contributed by atoms with E-state index in [1.165, 1.54) is 0 Å². The van der Waals surface area contributed by atoms with E-state index in [9.17, 15) is 5.21 Å². The second kappa shape index (κ2) is 7.36. The number of rotatable bonds is 4. The molecule has 6 heteroatoms. The summed E-state index contributed by atoms with van der Waals surface area (Å²) in [5, 5.41) is 13.6. The molecule has 130 valence electrons. The number of nitrogens with zero attached hydrogens (tertiary/aromatic N) is 2. The predicted molar refractivity (Wildman–Crippen MR) is 110 cm³/mol. The highest BCUT2D eigenvalue weighted by molar-refractivity contribution is 8.24. The van der Waals surface area contributed by atoms with Gasteiger partial charge in [-0.15, -0.1) is 0 Å². The molecule has 1 aliphatic rings. The van der Waals surface area contributed by atoms with Crippen LogP contribution in [0.15, 0.2) is 54.6 Å². The molecule has 0 aliphatic carbocycles. The topological polar surface area (TPSA) is 29.3 Å². The van der Waals surface area contributed by atoms with Crippen LogP contribution in [0.3, 0.4) is 0 Å². The SMILES string of the molecule is CC1(C)SC(=S)N(Cc2ccccc2)[C@H]1/[N+]([O-])=C/c1ccc(Cl)cc1. The molecule has 2 aromatic rings. The van der Waals surface area contributed by atoms with Crippen LogP contribution in [0.25, 0.3) is 0 Å². The minimum absolute atomic E-state index is 0.309. The van der Waals surface area contributed by atoms with Crippen molar-refractivity contribution in [2.75, 3.05) is 0 Å². The van der Waals surface area contributed by atoms with Crippen LogP contribution in [0, 0.1) is 5.21 Å². The van der Waals surface area contributed by atoms with Crippen LogP contribution in [0.5, 0.6) is 0 Å². The van der Waals surface area contributed by atoms with Gasteiger partial charge in [0, 0.05) is 10.6 Å². The smallest absolute Gasteiger partial charge is 0.254 e. The van der Waals surface area contributed by atoms with Crippen LogP contribution in [0.2, 0.25) is 5.02 Å². The Morgan fingerprint density at radius 3 is 2.48 bits per heavy atom.